The zero-order chi connectivity index (χ0) is 18.4. The molecule has 10 heteroatoms. The predicted octanol–water partition coefficient (Wildman–Crippen LogP) is 1.15. The van der Waals surface area contributed by atoms with E-state index in [-0.39, 0.29) is 17.9 Å². The molecule has 4 N–H and O–H groups in total. The van der Waals surface area contributed by atoms with Crippen LogP contribution in [0.4, 0.5) is 5.95 Å². The highest BCUT2D eigenvalue weighted by Gasteiger charge is 2.28. The number of H-pyrrole nitrogens is 1. The molecule has 136 valence electrons. The number of aromatic amines is 1. The largest absolute Gasteiger partial charge is 0.369 e. The zero-order valence-electron chi connectivity index (χ0n) is 14.3. The number of hydrogen-bond acceptors (Lipinski definition) is 7. The molecule has 3 heterocycles. The summed E-state index contributed by atoms with van der Waals surface area (Å²) < 4.78 is 1.68. The quantitative estimate of drug-likeness (QED) is 0.494. The summed E-state index contributed by atoms with van der Waals surface area (Å²) in [6.45, 7) is 0. The molecule has 0 bridgehead atoms. The molecule has 10 nitrogen and oxygen atoms in total. The topological polar surface area (TPSA) is 140 Å². The van der Waals surface area contributed by atoms with Gasteiger partial charge in [0.15, 0.2) is 11.2 Å². The molecule has 2 atom stereocenters. The molecule has 3 aromatic heterocycles. The molecule has 0 radical (unpaired) electrons. The fraction of sp³-hybridized carbons (Fsp3) is 0.294. The second-order valence-corrected chi connectivity index (χ2v) is 6.80. The normalized spacial score (nSPS) is 19.7. The molecule has 5 rings (SSSR count). The van der Waals surface area contributed by atoms with Gasteiger partial charge in [0.05, 0.1) is 23.6 Å². The molecule has 1 aliphatic carbocycles. The molecular weight excluding hydrogens is 346 g/mol. The molecular formula is C17H17N9O. The van der Waals surface area contributed by atoms with Crippen molar-refractivity contribution in [3.8, 4) is 5.69 Å². The highest BCUT2D eigenvalue weighted by Crippen LogP contribution is 2.27. The van der Waals surface area contributed by atoms with Gasteiger partial charge in [-0.15, -0.1) is 5.10 Å². The van der Waals surface area contributed by atoms with Gasteiger partial charge in [-0.3, -0.25) is 9.89 Å². The highest BCUT2D eigenvalue weighted by molar-refractivity contribution is 5.81. The SMILES string of the molecule is NC(=O)[C@@H]1CC[C@@H](Nc2ncc3nnn(-c4ccc5[nH]ncc5c4)c3n2)C1. The van der Waals surface area contributed by atoms with Crippen molar-refractivity contribution in [1.82, 2.24) is 35.2 Å². The van der Waals surface area contributed by atoms with E-state index in [1.165, 1.54) is 0 Å². The summed E-state index contributed by atoms with van der Waals surface area (Å²) in [4.78, 5) is 20.3. The Balaban J connectivity index is 1.46. The van der Waals surface area contributed by atoms with Gasteiger partial charge in [0.25, 0.3) is 0 Å². The third-order valence-corrected chi connectivity index (χ3v) is 5.03. The molecule has 0 spiro atoms. The number of rotatable bonds is 4. The molecule has 1 amide bonds. The first-order chi connectivity index (χ1) is 13.2. The van der Waals surface area contributed by atoms with Crippen LogP contribution in [0.25, 0.3) is 27.8 Å². The summed E-state index contributed by atoms with van der Waals surface area (Å²) in [5.74, 6) is 0.165. The predicted molar refractivity (Wildman–Crippen MR) is 98.1 cm³/mol. The number of carbonyl (C=O) groups is 1. The first-order valence-electron chi connectivity index (χ1n) is 8.75. The summed E-state index contributed by atoms with van der Waals surface area (Å²) in [6.07, 6.45) is 5.76. The molecule has 1 saturated carbocycles. The van der Waals surface area contributed by atoms with Crippen LogP contribution in [0.2, 0.25) is 0 Å². The van der Waals surface area contributed by atoms with Crippen molar-refractivity contribution in [1.29, 1.82) is 0 Å². The van der Waals surface area contributed by atoms with Gasteiger partial charge in [-0.1, -0.05) is 5.21 Å². The number of nitrogens with two attached hydrogens (primary N) is 1. The van der Waals surface area contributed by atoms with E-state index in [1.54, 1.807) is 17.1 Å². The van der Waals surface area contributed by atoms with Gasteiger partial charge in [0.1, 0.15) is 0 Å². The number of anilines is 1. The Morgan fingerprint density at radius 3 is 3.07 bits per heavy atom. The summed E-state index contributed by atoms with van der Waals surface area (Å²) in [5.41, 5.74) is 8.41. The molecule has 4 aromatic rings. The lowest BCUT2D eigenvalue weighted by atomic mass is 10.1. The van der Waals surface area contributed by atoms with Gasteiger partial charge in [-0.25, -0.2) is 4.98 Å². The molecule has 1 aromatic carbocycles. The average molecular weight is 363 g/mol. The van der Waals surface area contributed by atoms with Crippen LogP contribution in [0.1, 0.15) is 19.3 Å². The Kier molecular flexibility index (Phi) is 3.49. The number of primary amides is 1. The minimum absolute atomic E-state index is 0.0832. The van der Waals surface area contributed by atoms with Crippen molar-refractivity contribution >= 4 is 33.9 Å². The third kappa shape index (κ3) is 2.75. The lowest BCUT2D eigenvalue weighted by molar-refractivity contribution is -0.121. The number of fused-ring (bicyclic) bond motifs is 2. The minimum atomic E-state index is -0.243. The maximum Gasteiger partial charge on any atom is 0.225 e. The highest BCUT2D eigenvalue weighted by atomic mass is 16.1. The minimum Gasteiger partial charge on any atom is -0.369 e. The average Bonchev–Trinajstić information content (AvgIpc) is 3.40. The van der Waals surface area contributed by atoms with E-state index in [9.17, 15) is 4.79 Å². The molecule has 0 unspecified atom stereocenters. The van der Waals surface area contributed by atoms with Crippen LogP contribution in [-0.4, -0.2) is 47.1 Å². The summed E-state index contributed by atoms with van der Waals surface area (Å²) in [6, 6.07) is 5.97. The van der Waals surface area contributed by atoms with E-state index in [4.69, 9.17) is 5.73 Å². The second-order valence-electron chi connectivity index (χ2n) is 6.80. The Morgan fingerprint density at radius 1 is 1.30 bits per heavy atom. The summed E-state index contributed by atoms with van der Waals surface area (Å²) >= 11 is 0. The van der Waals surface area contributed by atoms with Crippen LogP contribution >= 0.6 is 0 Å². The molecule has 0 saturated heterocycles. The van der Waals surface area contributed by atoms with Crippen molar-refractivity contribution in [3.05, 3.63) is 30.6 Å². The summed E-state index contributed by atoms with van der Waals surface area (Å²) in [5, 5.41) is 19.6. The molecule has 0 aliphatic heterocycles. The van der Waals surface area contributed by atoms with Crippen LogP contribution < -0.4 is 11.1 Å². The smallest absolute Gasteiger partial charge is 0.225 e. The van der Waals surface area contributed by atoms with Crippen molar-refractivity contribution in [2.24, 2.45) is 11.7 Å². The van der Waals surface area contributed by atoms with E-state index in [0.29, 0.717) is 23.5 Å². The van der Waals surface area contributed by atoms with E-state index in [0.717, 1.165) is 29.4 Å². The number of nitrogens with one attached hydrogen (secondary N) is 2. The van der Waals surface area contributed by atoms with E-state index < -0.39 is 0 Å². The lowest BCUT2D eigenvalue weighted by Crippen LogP contribution is -2.23. The zero-order valence-corrected chi connectivity index (χ0v) is 14.3. The van der Waals surface area contributed by atoms with Crippen LogP contribution in [0, 0.1) is 5.92 Å². The van der Waals surface area contributed by atoms with Gasteiger partial charge < -0.3 is 11.1 Å². The maximum atomic E-state index is 11.4. The fourth-order valence-electron chi connectivity index (χ4n) is 3.59. The molecule has 1 aliphatic rings. The van der Waals surface area contributed by atoms with Gasteiger partial charge in [-0.05, 0) is 37.5 Å². The first kappa shape index (κ1) is 15.7. The Labute approximate surface area is 153 Å². The van der Waals surface area contributed by atoms with Crippen LogP contribution in [-0.2, 0) is 4.79 Å². The Bertz CT molecular complexity index is 1150. The standard InChI is InChI=1S/C17H17N9O/c18-15(27)9-1-2-11(5-9)21-17-19-8-14-16(22-17)26(25-24-14)12-3-4-13-10(6-12)7-20-23-13/h3-4,6-9,11H,1-2,5H2,(H2,18,27)(H,20,23)(H,19,21,22)/t9-,11-/m1/s1. The van der Waals surface area contributed by atoms with Gasteiger partial charge in [0.2, 0.25) is 11.9 Å². The van der Waals surface area contributed by atoms with E-state index >= 15 is 0 Å². The van der Waals surface area contributed by atoms with Crippen molar-refractivity contribution in [2.45, 2.75) is 25.3 Å². The molecule has 27 heavy (non-hydrogen) atoms. The number of carbonyl (C=O) groups excluding carboxylic acids is 1. The summed E-state index contributed by atoms with van der Waals surface area (Å²) in [7, 11) is 0. The Hall–Kier alpha value is -3.56. The van der Waals surface area contributed by atoms with Crippen LogP contribution in [0.3, 0.4) is 0 Å². The maximum absolute atomic E-state index is 11.4. The first-order valence-corrected chi connectivity index (χ1v) is 8.75. The number of aromatic nitrogens is 7. The fourth-order valence-corrected chi connectivity index (χ4v) is 3.59. The van der Waals surface area contributed by atoms with E-state index in [2.05, 4.69) is 35.8 Å². The number of benzene rings is 1. The van der Waals surface area contributed by atoms with Crippen LogP contribution in [0.5, 0.6) is 0 Å². The van der Waals surface area contributed by atoms with Gasteiger partial charge in [0, 0.05) is 17.3 Å². The Morgan fingerprint density at radius 2 is 2.22 bits per heavy atom. The third-order valence-electron chi connectivity index (χ3n) is 5.03. The monoisotopic (exact) mass is 363 g/mol. The number of amides is 1. The van der Waals surface area contributed by atoms with Crippen molar-refractivity contribution < 1.29 is 4.79 Å². The number of hydrogen-bond donors (Lipinski definition) is 3. The van der Waals surface area contributed by atoms with Crippen molar-refractivity contribution in [2.75, 3.05) is 5.32 Å². The molecule has 1 fully saturated rings. The number of nitrogens with zero attached hydrogens (tertiary/aromatic N) is 6. The van der Waals surface area contributed by atoms with Crippen LogP contribution in [0.15, 0.2) is 30.6 Å². The lowest BCUT2D eigenvalue weighted by Gasteiger charge is -2.12. The van der Waals surface area contributed by atoms with Gasteiger partial charge in [-0.2, -0.15) is 14.8 Å². The van der Waals surface area contributed by atoms with Gasteiger partial charge >= 0.3 is 0 Å². The van der Waals surface area contributed by atoms with Crippen molar-refractivity contribution in [3.63, 3.8) is 0 Å². The second kappa shape index (κ2) is 6.01. The van der Waals surface area contributed by atoms with E-state index in [1.807, 2.05) is 18.2 Å².